The summed E-state index contributed by atoms with van der Waals surface area (Å²) in [6.07, 6.45) is 0.283. The fraction of sp³-hybridized carbons (Fsp3) is 0.308. The van der Waals surface area contributed by atoms with Crippen molar-refractivity contribution in [2.75, 3.05) is 11.1 Å². The molecule has 2 rings (SSSR count). The molecule has 0 atom stereocenters. The number of phenolic OH excluding ortho intramolecular Hbond substituents is 1. The Labute approximate surface area is 146 Å². The molecule has 7 nitrogen and oxygen atoms in total. The van der Waals surface area contributed by atoms with Crippen molar-refractivity contribution in [2.24, 2.45) is 10.2 Å². The number of amides is 1. The number of thioether (sulfide) groups is 1. The number of carbonyl (C=O) groups is 1. The van der Waals surface area contributed by atoms with Crippen LogP contribution in [0.3, 0.4) is 0 Å². The summed E-state index contributed by atoms with van der Waals surface area (Å²) in [6, 6.07) is 2.94. The van der Waals surface area contributed by atoms with Crippen LogP contribution >= 0.6 is 34.9 Å². The van der Waals surface area contributed by atoms with E-state index in [4.69, 9.17) is 11.6 Å². The highest BCUT2D eigenvalue weighted by atomic mass is 35.5. The van der Waals surface area contributed by atoms with Crippen LogP contribution < -0.4 is 5.32 Å². The lowest BCUT2D eigenvalue weighted by Gasteiger charge is -2.08. The van der Waals surface area contributed by atoms with E-state index in [1.807, 2.05) is 6.92 Å². The zero-order chi connectivity index (χ0) is 16.8. The normalized spacial score (nSPS) is 11.1. The molecule has 0 bridgehead atoms. The lowest BCUT2D eigenvalue weighted by Crippen LogP contribution is -2.09. The van der Waals surface area contributed by atoms with Crippen molar-refractivity contribution in [3.8, 4) is 5.75 Å². The number of aromatic hydroxyl groups is 1. The molecule has 0 saturated heterocycles. The first-order chi connectivity index (χ1) is 11.0. The highest BCUT2D eigenvalue weighted by Gasteiger charge is 2.11. The van der Waals surface area contributed by atoms with Gasteiger partial charge in [0.05, 0.1) is 16.4 Å². The van der Waals surface area contributed by atoms with Crippen molar-refractivity contribution in [1.29, 1.82) is 0 Å². The highest BCUT2D eigenvalue weighted by Crippen LogP contribution is 2.37. The van der Waals surface area contributed by atoms with Crippen molar-refractivity contribution in [2.45, 2.75) is 25.4 Å². The number of hydrogen-bond donors (Lipinski definition) is 2. The molecule has 1 heterocycles. The summed E-state index contributed by atoms with van der Waals surface area (Å²) < 4.78 is 4.13. The third kappa shape index (κ3) is 4.88. The van der Waals surface area contributed by atoms with Crippen molar-refractivity contribution in [1.82, 2.24) is 9.36 Å². The monoisotopic (exact) mass is 371 g/mol. The van der Waals surface area contributed by atoms with E-state index in [9.17, 15) is 9.90 Å². The van der Waals surface area contributed by atoms with Crippen molar-refractivity contribution >= 4 is 57.3 Å². The summed E-state index contributed by atoms with van der Waals surface area (Å²) in [6.45, 7) is 3.72. The number of rotatable bonds is 6. The predicted molar refractivity (Wildman–Crippen MR) is 92.5 cm³/mol. The Hall–Kier alpha value is -1.71. The Kier molecular flexibility index (Phi) is 6.31. The maximum absolute atomic E-state index is 11.5. The molecule has 1 aromatic carbocycles. The predicted octanol–water partition coefficient (Wildman–Crippen LogP) is 4.77. The fourth-order valence-corrected chi connectivity index (χ4v) is 2.92. The second-order valence-electron chi connectivity index (χ2n) is 4.22. The minimum absolute atomic E-state index is 0.0762. The van der Waals surface area contributed by atoms with Gasteiger partial charge in [0.15, 0.2) is 5.75 Å². The first-order valence-corrected chi connectivity index (χ1v) is 8.87. The molecule has 2 aromatic rings. The third-order valence-corrected chi connectivity index (χ3v) is 4.30. The SMILES string of the molecule is CCSc1nsc(N=Nc2cc(Cl)c(O)c(NC(=O)CC)c2)n1. The lowest BCUT2D eigenvalue weighted by molar-refractivity contribution is -0.115. The van der Waals surface area contributed by atoms with E-state index in [2.05, 4.69) is 24.9 Å². The van der Waals surface area contributed by atoms with Gasteiger partial charge in [-0.2, -0.15) is 9.36 Å². The Morgan fingerprint density at radius 2 is 2.22 bits per heavy atom. The van der Waals surface area contributed by atoms with Crippen LogP contribution in [-0.4, -0.2) is 26.1 Å². The second-order valence-corrected chi connectivity index (χ2v) is 6.59. The molecule has 122 valence electrons. The van der Waals surface area contributed by atoms with Gasteiger partial charge in [0.1, 0.15) is 0 Å². The van der Waals surface area contributed by atoms with E-state index in [0.717, 1.165) is 17.3 Å². The molecular weight excluding hydrogens is 358 g/mol. The van der Waals surface area contributed by atoms with E-state index in [-0.39, 0.29) is 28.8 Å². The lowest BCUT2D eigenvalue weighted by atomic mass is 10.2. The van der Waals surface area contributed by atoms with Crippen LogP contribution in [0.1, 0.15) is 20.3 Å². The van der Waals surface area contributed by atoms with Crippen LogP contribution in [0.15, 0.2) is 27.5 Å². The van der Waals surface area contributed by atoms with Gasteiger partial charge in [-0.3, -0.25) is 4.79 Å². The Morgan fingerprint density at radius 1 is 1.43 bits per heavy atom. The average Bonchev–Trinajstić information content (AvgIpc) is 2.97. The number of hydrogen-bond acceptors (Lipinski definition) is 8. The van der Waals surface area contributed by atoms with Crippen LogP contribution in [-0.2, 0) is 4.79 Å². The molecule has 0 unspecified atom stereocenters. The molecule has 23 heavy (non-hydrogen) atoms. The van der Waals surface area contributed by atoms with Gasteiger partial charge < -0.3 is 10.4 Å². The van der Waals surface area contributed by atoms with E-state index < -0.39 is 0 Å². The van der Waals surface area contributed by atoms with Gasteiger partial charge >= 0.3 is 0 Å². The molecule has 0 aliphatic carbocycles. The average molecular weight is 372 g/mol. The summed E-state index contributed by atoms with van der Waals surface area (Å²) in [5, 5.41) is 21.6. The molecule has 10 heteroatoms. The third-order valence-electron chi connectivity index (χ3n) is 2.56. The van der Waals surface area contributed by atoms with Gasteiger partial charge in [-0.05, 0) is 17.9 Å². The van der Waals surface area contributed by atoms with Gasteiger partial charge in [0, 0.05) is 18.0 Å². The molecular formula is C13H14ClN5O2S2. The number of azo groups is 1. The maximum atomic E-state index is 11.5. The molecule has 1 amide bonds. The van der Waals surface area contributed by atoms with Gasteiger partial charge in [-0.15, -0.1) is 10.2 Å². The molecule has 0 spiro atoms. The minimum atomic E-state index is -0.240. The number of aromatic nitrogens is 2. The number of anilines is 1. The Bertz CT molecular complexity index is 735. The smallest absolute Gasteiger partial charge is 0.250 e. The highest BCUT2D eigenvalue weighted by molar-refractivity contribution is 7.99. The largest absolute Gasteiger partial charge is 0.504 e. The van der Waals surface area contributed by atoms with Crippen LogP contribution in [0, 0.1) is 0 Å². The molecule has 1 aromatic heterocycles. The van der Waals surface area contributed by atoms with E-state index >= 15 is 0 Å². The van der Waals surface area contributed by atoms with Crippen molar-refractivity contribution in [3.63, 3.8) is 0 Å². The number of nitrogens with one attached hydrogen (secondary N) is 1. The Morgan fingerprint density at radius 3 is 2.91 bits per heavy atom. The molecule has 0 aliphatic rings. The van der Waals surface area contributed by atoms with E-state index in [0.29, 0.717) is 16.0 Å². The van der Waals surface area contributed by atoms with Gasteiger partial charge in [-0.1, -0.05) is 37.2 Å². The summed E-state index contributed by atoms with van der Waals surface area (Å²) in [5.74, 6) is 0.433. The molecule has 2 N–H and O–H groups in total. The van der Waals surface area contributed by atoms with Crippen LogP contribution in [0.2, 0.25) is 5.02 Å². The summed E-state index contributed by atoms with van der Waals surface area (Å²) >= 11 is 8.60. The topological polar surface area (TPSA) is 99.8 Å². The zero-order valence-corrected chi connectivity index (χ0v) is 14.8. The maximum Gasteiger partial charge on any atom is 0.250 e. The summed E-state index contributed by atoms with van der Waals surface area (Å²) in [4.78, 5) is 15.7. The molecule has 0 fully saturated rings. The van der Waals surface area contributed by atoms with Crippen LogP contribution in [0.25, 0.3) is 0 Å². The summed E-state index contributed by atoms with van der Waals surface area (Å²) in [7, 11) is 0. The number of nitrogens with zero attached hydrogens (tertiary/aromatic N) is 4. The quantitative estimate of drug-likeness (QED) is 0.432. The van der Waals surface area contributed by atoms with Crippen LogP contribution in [0.4, 0.5) is 16.5 Å². The number of benzene rings is 1. The molecule has 0 saturated carbocycles. The first kappa shape index (κ1) is 17.6. The van der Waals surface area contributed by atoms with Gasteiger partial charge in [0.25, 0.3) is 0 Å². The minimum Gasteiger partial charge on any atom is -0.504 e. The standard InChI is InChI=1S/C13H14ClN5O2S2/c1-3-10(20)15-9-6-7(5-8(14)11(9)21)17-18-12-16-13(19-23-12)22-4-2/h5-6,21H,3-4H2,1-2H3,(H,15,20). The first-order valence-electron chi connectivity index (χ1n) is 6.74. The molecule has 0 aliphatic heterocycles. The van der Waals surface area contributed by atoms with Crippen molar-refractivity contribution in [3.05, 3.63) is 17.2 Å². The van der Waals surface area contributed by atoms with Gasteiger partial charge in [-0.25, -0.2) is 0 Å². The number of halogens is 1. The zero-order valence-electron chi connectivity index (χ0n) is 12.4. The number of carbonyl (C=O) groups excluding carboxylic acids is 1. The van der Waals surface area contributed by atoms with E-state index in [1.165, 1.54) is 23.9 Å². The van der Waals surface area contributed by atoms with Gasteiger partial charge in [0.2, 0.25) is 16.2 Å². The second kappa shape index (κ2) is 8.23. The van der Waals surface area contributed by atoms with E-state index in [1.54, 1.807) is 6.92 Å². The fourth-order valence-electron chi connectivity index (χ4n) is 1.51. The van der Waals surface area contributed by atoms with Crippen LogP contribution in [0.5, 0.6) is 5.75 Å². The Balaban J connectivity index is 2.21. The van der Waals surface area contributed by atoms with Crippen molar-refractivity contribution < 1.29 is 9.90 Å². The number of phenols is 1. The summed E-state index contributed by atoms with van der Waals surface area (Å²) in [5.41, 5.74) is 0.580. The molecule has 0 radical (unpaired) electrons.